The quantitative estimate of drug-likeness (QED) is 0.364. The lowest BCUT2D eigenvalue weighted by molar-refractivity contribution is -0.152. The first-order chi connectivity index (χ1) is 14.4. The molecule has 1 atom stereocenters. The van der Waals surface area contributed by atoms with Gasteiger partial charge in [0.1, 0.15) is 5.82 Å². The smallest absolute Gasteiger partial charge is 0.313 e. The highest BCUT2D eigenvalue weighted by atomic mass is 16.5. The van der Waals surface area contributed by atoms with Gasteiger partial charge in [0.05, 0.1) is 24.0 Å². The van der Waals surface area contributed by atoms with Crippen molar-refractivity contribution in [2.24, 2.45) is 12.5 Å². The van der Waals surface area contributed by atoms with E-state index in [1.165, 1.54) is 7.11 Å². The maximum Gasteiger partial charge on any atom is 0.313 e. The number of nitrogens with one attached hydrogen (secondary N) is 3. The van der Waals surface area contributed by atoms with Gasteiger partial charge in [-0.15, -0.1) is 0 Å². The maximum absolute atomic E-state index is 12.4. The Balaban J connectivity index is 1.64. The molecule has 0 saturated heterocycles. The van der Waals surface area contributed by atoms with Gasteiger partial charge in [0.2, 0.25) is 0 Å². The Morgan fingerprint density at radius 3 is 2.67 bits per heavy atom. The fraction of sp³-hybridized carbons (Fsp3) is 0.429. The van der Waals surface area contributed by atoms with Gasteiger partial charge in [-0.05, 0) is 32.9 Å². The molecular weight excluding hydrogens is 384 g/mol. The lowest BCUT2D eigenvalue weighted by Crippen LogP contribution is -2.42. The number of benzene rings is 1. The summed E-state index contributed by atoms with van der Waals surface area (Å²) in [4.78, 5) is 28.7. The second kappa shape index (κ2) is 9.08. The van der Waals surface area contributed by atoms with Crippen molar-refractivity contribution >= 4 is 22.6 Å². The summed E-state index contributed by atoms with van der Waals surface area (Å²) in [7, 11) is 3.30. The van der Waals surface area contributed by atoms with Crippen LogP contribution in [0.3, 0.4) is 0 Å². The molecule has 0 spiro atoms. The lowest BCUT2D eigenvalue weighted by Gasteiger charge is -2.32. The lowest BCUT2D eigenvalue weighted by atomic mass is 9.83. The molecule has 1 aromatic carbocycles. The molecule has 0 bridgehead atoms. The number of hydrogen-bond donors (Lipinski definition) is 3. The zero-order valence-electron chi connectivity index (χ0n) is 17.7. The van der Waals surface area contributed by atoms with Crippen LogP contribution in [0.15, 0.2) is 41.5 Å². The first kappa shape index (κ1) is 21.5. The number of methoxy groups -OCH3 is 1. The van der Waals surface area contributed by atoms with Gasteiger partial charge in [-0.25, -0.2) is 10.1 Å². The first-order valence-electron chi connectivity index (χ1n) is 9.86. The van der Waals surface area contributed by atoms with E-state index < -0.39 is 5.41 Å². The molecule has 0 aliphatic heterocycles. The summed E-state index contributed by atoms with van der Waals surface area (Å²) in [6.45, 7) is 4.98. The molecule has 0 aliphatic rings. The summed E-state index contributed by atoms with van der Waals surface area (Å²) in [5.74, 6) is 1.11. The largest absolute Gasteiger partial charge is 0.469 e. The third kappa shape index (κ3) is 4.35. The minimum atomic E-state index is -0.794. The number of rotatable bonds is 9. The van der Waals surface area contributed by atoms with E-state index in [0.717, 1.165) is 17.6 Å². The minimum absolute atomic E-state index is 0.208. The van der Waals surface area contributed by atoms with Gasteiger partial charge < -0.3 is 19.9 Å². The maximum atomic E-state index is 12.4. The van der Waals surface area contributed by atoms with E-state index in [0.29, 0.717) is 24.3 Å². The van der Waals surface area contributed by atoms with Crippen molar-refractivity contribution in [3.8, 4) is 0 Å². The zero-order chi connectivity index (χ0) is 21.7. The van der Waals surface area contributed by atoms with Crippen LogP contribution < -0.4 is 16.2 Å². The number of ether oxygens (including phenoxy) is 1. The van der Waals surface area contributed by atoms with Crippen molar-refractivity contribution < 1.29 is 9.53 Å². The molecule has 3 rings (SSSR count). The van der Waals surface area contributed by atoms with Crippen molar-refractivity contribution in [1.82, 2.24) is 25.1 Å². The van der Waals surface area contributed by atoms with E-state index in [2.05, 4.69) is 25.8 Å². The van der Waals surface area contributed by atoms with Crippen molar-refractivity contribution in [1.29, 1.82) is 0 Å². The number of aromatic amines is 1. The minimum Gasteiger partial charge on any atom is -0.469 e. The number of aromatic nitrogens is 4. The Morgan fingerprint density at radius 1 is 1.27 bits per heavy atom. The molecule has 3 aromatic rings. The third-order valence-corrected chi connectivity index (χ3v) is 5.24. The molecule has 0 amide bonds. The number of esters is 1. The second-order valence-corrected chi connectivity index (χ2v) is 7.72. The molecule has 0 radical (unpaired) electrons. The summed E-state index contributed by atoms with van der Waals surface area (Å²) in [5, 5.41) is 14.7. The number of aryl methyl sites for hydroxylation is 1. The number of carbonyl (C=O) groups excluding carboxylic acids is 1. The highest BCUT2D eigenvalue weighted by molar-refractivity contribution is 5.90. The molecule has 0 fully saturated rings. The van der Waals surface area contributed by atoms with E-state index in [4.69, 9.17) is 4.74 Å². The van der Waals surface area contributed by atoms with E-state index >= 15 is 0 Å². The predicted molar refractivity (Wildman–Crippen MR) is 115 cm³/mol. The van der Waals surface area contributed by atoms with Crippen LogP contribution >= 0.6 is 0 Å². The van der Waals surface area contributed by atoms with E-state index in [1.54, 1.807) is 12.3 Å². The number of carbonyl (C=O) groups is 1. The van der Waals surface area contributed by atoms with Crippen LogP contribution in [0.4, 0.5) is 5.82 Å². The predicted octanol–water partition coefficient (Wildman–Crippen LogP) is 1.99. The average Bonchev–Trinajstić information content (AvgIpc) is 3.16. The molecular formula is C21H28N6O3. The molecule has 2 heterocycles. The van der Waals surface area contributed by atoms with Crippen LogP contribution in [0, 0.1) is 5.41 Å². The number of nitrogens with zero attached hydrogens (tertiary/aromatic N) is 3. The summed E-state index contributed by atoms with van der Waals surface area (Å²) in [6, 6.07) is 7.04. The van der Waals surface area contributed by atoms with Gasteiger partial charge in [-0.2, -0.15) is 5.10 Å². The summed E-state index contributed by atoms with van der Waals surface area (Å²) in [6.07, 6.45) is 4.34. The topological polar surface area (TPSA) is 114 Å². The third-order valence-electron chi connectivity index (χ3n) is 5.24. The Morgan fingerprint density at radius 2 is 2.00 bits per heavy atom. The summed E-state index contributed by atoms with van der Waals surface area (Å²) in [5.41, 5.74) is -1.00. The SMILES string of the molecule is COC(=O)C(C)(C)C(NCCCNc1n[nH]c(=O)c2ccccc12)c1nccn1C. The molecule has 0 saturated carbocycles. The van der Waals surface area contributed by atoms with E-state index in [1.807, 2.05) is 49.9 Å². The van der Waals surface area contributed by atoms with E-state index in [9.17, 15) is 9.59 Å². The highest BCUT2D eigenvalue weighted by Crippen LogP contribution is 2.33. The fourth-order valence-corrected chi connectivity index (χ4v) is 3.50. The molecule has 30 heavy (non-hydrogen) atoms. The number of hydrogen-bond acceptors (Lipinski definition) is 7. The number of H-pyrrole nitrogens is 1. The summed E-state index contributed by atoms with van der Waals surface area (Å²) < 4.78 is 6.90. The zero-order valence-corrected chi connectivity index (χ0v) is 17.7. The molecule has 3 N–H and O–H groups in total. The van der Waals surface area contributed by atoms with Crippen molar-refractivity contribution in [3.05, 3.63) is 52.8 Å². The normalized spacial score (nSPS) is 12.7. The van der Waals surface area contributed by atoms with Crippen molar-refractivity contribution in [2.75, 3.05) is 25.5 Å². The Kier molecular flexibility index (Phi) is 6.51. The van der Waals surface area contributed by atoms with Gasteiger partial charge in [0, 0.05) is 31.4 Å². The van der Waals surface area contributed by atoms with Gasteiger partial charge in [-0.3, -0.25) is 9.59 Å². The van der Waals surface area contributed by atoms with Crippen LogP contribution in [-0.2, 0) is 16.6 Å². The molecule has 9 heteroatoms. The monoisotopic (exact) mass is 412 g/mol. The van der Waals surface area contributed by atoms with Gasteiger partial charge >= 0.3 is 5.97 Å². The molecule has 9 nitrogen and oxygen atoms in total. The second-order valence-electron chi connectivity index (χ2n) is 7.72. The van der Waals surface area contributed by atoms with Crippen molar-refractivity contribution in [3.63, 3.8) is 0 Å². The number of anilines is 1. The fourth-order valence-electron chi connectivity index (χ4n) is 3.50. The Labute approximate surface area is 174 Å². The van der Waals surface area contributed by atoms with Crippen molar-refractivity contribution in [2.45, 2.75) is 26.3 Å². The van der Waals surface area contributed by atoms with Crippen LogP contribution in [0.5, 0.6) is 0 Å². The number of imidazole rings is 1. The van der Waals surface area contributed by atoms with Gasteiger partial charge in [0.25, 0.3) is 5.56 Å². The van der Waals surface area contributed by atoms with Crippen LogP contribution in [0.25, 0.3) is 10.8 Å². The Hall–Kier alpha value is -3.20. The first-order valence-corrected chi connectivity index (χ1v) is 9.86. The van der Waals surface area contributed by atoms with Gasteiger partial charge in [-0.1, -0.05) is 18.2 Å². The standard InChI is InChI=1S/C21H28N6O3/c1-21(2,20(29)30-4)16(18-24-12-13-27(18)3)22-10-7-11-23-17-14-8-5-6-9-15(14)19(28)26-25-17/h5-6,8-9,12-13,16,22H,7,10-11H2,1-4H3,(H,23,25)(H,26,28). The van der Waals surface area contributed by atoms with E-state index in [-0.39, 0.29) is 17.6 Å². The molecule has 160 valence electrons. The van der Waals surface area contributed by atoms with Crippen LogP contribution in [0.2, 0.25) is 0 Å². The van der Waals surface area contributed by atoms with Gasteiger partial charge in [0.15, 0.2) is 5.82 Å². The van der Waals surface area contributed by atoms with Crippen LogP contribution in [0.1, 0.15) is 32.1 Å². The number of fused-ring (bicyclic) bond motifs is 1. The highest BCUT2D eigenvalue weighted by Gasteiger charge is 2.40. The molecule has 1 unspecified atom stereocenters. The Bertz CT molecular complexity index is 1070. The average molecular weight is 412 g/mol. The molecule has 2 aromatic heterocycles. The van der Waals surface area contributed by atoms with Crippen LogP contribution in [-0.4, -0.2) is 45.9 Å². The molecule has 0 aliphatic carbocycles. The summed E-state index contributed by atoms with van der Waals surface area (Å²) >= 11 is 0.